The summed E-state index contributed by atoms with van der Waals surface area (Å²) in [6.45, 7) is 0. The molecule has 3 N–H and O–H groups in total. The molecule has 38 heavy (non-hydrogen) atoms. The van der Waals surface area contributed by atoms with Crippen LogP contribution in [0.3, 0.4) is 0 Å². The number of aryl methyl sites for hydroxylation is 1. The normalized spacial score (nSPS) is 11.6. The molecule has 7 nitrogen and oxygen atoms in total. The number of thioether (sulfide) groups is 1. The molecule has 0 aliphatic rings. The first kappa shape index (κ1) is 25.8. The zero-order chi connectivity index (χ0) is 26.7. The number of benzene rings is 4. The number of H-pyrrole nitrogens is 1. The van der Waals surface area contributed by atoms with Crippen molar-refractivity contribution >= 4 is 32.6 Å². The van der Waals surface area contributed by atoms with Gasteiger partial charge in [-0.3, -0.25) is 0 Å². The second-order valence-corrected chi connectivity index (χ2v) is 11.2. The smallest absolute Gasteiger partial charge is 0.238 e. The number of rotatable bonds is 9. The zero-order valence-corrected chi connectivity index (χ0v) is 22.6. The SMILES string of the molecule is COc1ccc(-c2nc(SCCc3c(S(N)(=O)=O)ccc4ccccc34)[nH]c2-c2ccc(OC)cc2)cc1. The van der Waals surface area contributed by atoms with Gasteiger partial charge in [0.25, 0.3) is 0 Å². The van der Waals surface area contributed by atoms with Crippen molar-refractivity contribution < 1.29 is 17.9 Å². The number of nitrogens with one attached hydrogen (secondary N) is 1. The van der Waals surface area contributed by atoms with Crippen LogP contribution in [0.5, 0.6) is 11.5 Å². The van der Waals surface area contributed by atoms with Crippen LogP contribution in [0.15, 0.2) is 95.0 Å². The van der Waals surface area contributed by atoms with Gasteiger partial charge in [-0.25, -0.2) is 18.5 Å². The van der Waals surface area contributed by atoms with Gasteiger partial charge in [0.05, 0.1) is 30.5 Å². The fraction of sp³-hybridized carbons (Fsp3) is 0.138. The maximum Gasteiger partial charge on any atom is 0.238 e. The molecule has 0 unspecified atom stereocenters. The van der Waals surface area contributed by atoms with E-state index in [1.165, 1.54) is 11.8 Å². The van der Waals surface area contributed by atoms with E-state index < -0.39 is 10.0 Å². The molecule has 0 saturated carbocycles. The van der Waals surface area contributed by atoms with E-state index in [0.29, 0.717) is 12.2 Å². The van der Waals surface area contributed by atoms with Crippen LogP contribution >= 0.6 is 11.8 Å². The molecule has 0 saturated heterocycles. The molecular formula is C29H27N3O4S2. The predicted octanol–water partition coefficient (Wildman–Crippen LogP) is 5.90. The lowest BCUT2D eigenvalue weighted by Gasteiger charge is -2.11. The number of aromatic nitrogens is 2. The largest absolute Gasteiger partial charge is 0.497 e. The Morgan fingerprint density at radius 2 is 1.47 bits per heavy atom. The van der Waals surface area contributed by atoms with Crippen molar-refractivity contribution in [3.8, 4) is 34.0 Å². The van der Waals surface area contributed by atoms with Crippen LogP contribution in [-0.4, -0.2) is 38.4 Å². The van der Waals surface area contributed by atoms with Crippen molar-refractivity contribution in [1.82, 2.24) is 9.97 Å². The molecule has 9 heteroatoms. The van der Waals surface area contributed by atoms with E-state index in [1.807, 2.05) is 72.8 Å². The van der Waals surface area contributed by atoms with E-state index in [-0.39, 0.29) is 4.90 Å². The fourth-order valence-corrected chi connectivity index (χ4v) is 6.08. The van der Waals surface area contributed by atoms with Gasteiger partial charge in [0.1, 0.15) is 11.5 Å². The third-order valence-corrected chi connectivity index (χ3v) is 8.19. The highest BCUT2D eigenvalue weighted by Crippen LogP contribution is 2.35. The summed E-state index contributed by atoms with van der Waals surface area (Å²) in [7, 11) is -0.583. The quantitative estimate of drug-likeness (QED) is 0.224. The van der Waals surface area contributed by atoms with Crippen molar-refractivity contribution in [1.29, 1.82) is 0 Å². The van der Waals surface area contributed by atoms with Gasteiger partial charge in [0.15, 0.2) is 5.16 Å². The van der Waals surface area contributed by atoms with Crippen LogP contribution in [0.25, 0.3) is 33.3 Å². The van der Waals surface area contributed by atoms with Crippen molar-refractivity contribution in [2.24, 2.45) is 5.14 Å². The van der Waals surface area contributed by atoms with E-state index in [9.17, 15) is 8.42 Å². The first-order valence-corrected chi connectivity index (χ1v) is 14.5. The Balaban J connectivity index is 1.47. The zero-order valence-electron chi connectivity index (χ0n) is 21.0. The van der Waals surface area contributed by atoms with Crippen molar-refractivity contribution in [3.63, 3.8) is 0 Å². The van der Waals surface area contributed by atoms with Crippen LogP contribution < -0.4 is 14.6 Å². The predicted molar refractivity (Wildman–Crippen MR) is 152 cm³/mol. The topological polar surface area (TPSA) is 107 Å². The Morgan fingerprint density at radius 3 is 2.11 bits per heavy atom. The Bertz CT molecular complexity index is 1620. The number of fused-ring (bicyclic) bond motifs is 1. The maximum absolute atomic E-state index is 12.3. The number of aromatic amines is 1. The van der Waals surface area contributed by atoms with Crippen LogP contribution in [0.4, 0.5) is 0 Å². The minimum absolute atomic E-state index is 0.161. The van der Waals surface area contributed by atoms with Gasteiger partial charge in [0, 0.05) is 16.9 Å². The molecule has 194 valence electrons. The van der Waals surface area contributed by atoms with Crippen LogP contribution in [0.2, 0.25) is 0 Å². The summed E-state index contributed by atoms with van der Waals surface area (Å²) >= 11 is 1.53. The van der Waals surface area contributed by atoms with Gasteiger partial charge in [-0.05, 0) is 77.4 Å². The number of hydrogen-bond acceptors (Lipinski definition) is 6. The van der Waals surface area contributed by atoms with Crippen molar-refractivity contribution in [2.45, 2.75) is 16.5 Å². The second kappa shape index (κ2) is 10.9. The molecule has 5 aromatic rings. The van der Waals surface area contributed by atoms with Gasteiger partial charge in [-0.15, -0.1) is 0 Å². The van der Waals surface area contributed by atoms with Crippen molar-refractivity contribution in [2.75, 3.05) is 20.0 Å². The lowest BCUT2D eigenvalue weighted by Crippen LogP contribution is -2.15. The molecule has 0 amide bonds. The average molecular weight is 546 g/mol. The molecule has 1 aromatic heterocycles. The number of imidazole rings is 1. The number of nitrogens with zero attached hydrogens (tertiary/aromatic N) is 1. The van der Waals surface area contributed by atoms with Crippen LogP contribution in [0.1, 0.15) is 5.56 Å². The van der Waals surface area contributed by atoms with Gasteiger partial charge in [-0.1, -0.05) is 42.1 Å². The molecule has 5 rings (SSSR count). The first-order chi connectivity index (χ1) is 18.4. The molecule has 1 heterocycles. The Labute approximate surface area is 226 Å². The molecule has 0 aliphatic carbocycles. The van der Waals surface area contributed by atoms with E-state index in [1.54, 1.807) is 26.4 Å². The Morgan fingerprint density at radius 1 is 0.842 bits per heavy atom. The number of methoxy groups -OCH3 is 2. The van der Waals surface area contributed by atoms with Gasteiger partial charge >= 0.3 is 0 Å². The second-order valence-electron chi connectivity index (χ2n) is 8.63. The molecule has 0 atom stereocenters. The van der Waals surface area contributed by atoms with E-state index in [0.717, 1.165) is 55.5 Å². The highest BCUT2D eigenvalue weighted by atomic mass is 32.2. The monoisotopic (exact) mass is 545 g/mol. The van der Waals surface area contributed by atoms with E-state index in [2.05, 4.69) is 4.98 Å². The molecule has 0 spiro atoms. The molecule has 0 bridgehead atoms. The first-order valence-electron chi connectivity index (χ1n) is 11.9. The van der Waals surface area contributed by atoms with Crippen molar-refractivity contribution in [3.05, 3.63) is 90.5 Å². The number of hydrogen-bond donors (Lipinski definition) is 2. The number of nitrogens with two attached hydrogens (primary N) is 1. The molecule has 0 fully saturated rings. The molecule has 0 radical (unpaired) electrons. The summed E-state index contributed by atoms with van der Waals surface area (Å²) < 4.78 is 35.3. The lowest BCUT2D eigenvalue weighted by molar-refractivity contribution is 0.414. The number of ether oxygens (including phenoxy) is 2. The minimum Gasteiger partial charge on any atom is -0.497 e. The standard InChI is InChI=1S/C29H27N3O4S2/c1-35-22-12-7-20(8-13-22)27-28(21-9-14-23(36-2)15-10-21)32-29(31-27)37-18-17-25-24-6-4-3-5-19(24)11-16-26(25)38(30,33)34/h3-16H,17-18H2,1-2H3,(H,31,32)(H2,30,33,34). The highest BCUT2D eigenvalue weighted by Gasteiger charge is 2.18. The summed E-state index contributed by atoms with van der Waals surface area (Å²) in [5, 5.41) is 8.15. The Kier molecular flexibility index (Phi) is 7.42. The summed E-state index contributed by atoms with van der Waals surface area (Å²) in [6, 6.07) is 26.7. The summed E-state index contributed by atoms with van der Waals surface area (Å²) in [4.78, 5) is 8.54. The minimum atomic E-state index is -3.86. The summed E-state index contributed by atoms with van der Waals surface area (Å²) in [5.41, 5.74) is 4.34. The third kappa shape index (κ3) is 5.40. The van der Waals surface area contributed by atoms with Gasteiger partial charge in [0.2, 0.25) is 10.0 Å². The van der Waals surface area contributed by atoms with E-state index >= 15 is 0 Å². The molecule has 4 aromatic carbocycles. The van der Waals surface area contributed by atoms with Gasteiger partial charge in [-0.2, -0.15) is 0 Å². The average Bonchev–Trinajstić information content (AvgIpc) is 3.36. The van der Waals surface area contributed by atoms with Crippen LogP contribution in [-0.2, 0) is 16.4 Å². The Hall–Kier alpha value is -3.79. The van der Waals surface area contributed by atoms with Crippen LogP contribution in [0, 0.1) is 0 Å². The number of sulfonamides is 1. The fourth-order valence-electron chi connectivity index (χ4n) is 4.43. The van der Waals surface area contributed by atoms with E-state index in [4.69, 9.17) is 19.6 Å². The number of primary sulfonamides is 1. The summed E-state index contributed by atoms with van der Waals surface area (Å²) in [6.07, 6.45) is 0.508. The molecular weight excluding hydrogens is 518 g/mol. The summed E-state index contributed by atoms with van der Waals surface area (Å²) in [5.74, 6) is 2.15. The highest BCUT2D eigenvalue weighted by molar-refractivity contribution is 7.99. The molecule has 0 aliphatic heterocycles. The maximum atomic E-state index is 12.3. The third-order valence-electron chi connectivity index (χ3n) is 6.32. The van der Waals surface area contributed by atoms with Gasteiger partial charge < -0.3 is 14.5 Å². The lowest BCUT2D eigenvalue weighted by atomic mass is 10.0.